The number of hydrazone groups is 1. The maximum atomic E-state index is 5.94. The standard InChI is InChI=1S/C21H21ClN4S/c1-2-16-7-11-19(12-8-16)24-21(27)25-23-14-20-4-3-13-26(20)15-17-5-9-18(22)10-6-17/h3-14H,2,15H2,1H3,(H2,24,25,27)/b23-14-. The van der Waals surface area contributed by atoms with Gasteiger partial charge in [0.2, 0.25) is 0 Å². The number of aryl methyl sites for hydroxylation is 1. The SMILES string of the molecule is CCc1ccc(NC(=S)N/N=C\c2cccn2Cc2ccc(Cl)cc2)cc1. The van der Waals surface area contributed by atoms with Crippen molar-refractivity contribution in [3.63, 3.8) is 0 Å². The van der Waals surface area contributed by atoms with Crippen LogP contribution in [0.1, 0.15) is 23.7 Å². The lowest BCUT2D eigenvalue weighted by Crippen LogP contribution is -2.24. The normalized spacial score (nSPS) is 10.9. The second-order valence-corrected chi connectivity index (χ2v) is 6.91. The van der Waals surface area contributed by atoms with E-state index in [4.69, 9.17) is 23.8 Å². The lowest BCUT2D eigenvalue weighted by molar-refractivity contribution is 0.799. The van der Waals surface area contributed by atoms with Gasteiger partial charge in [-0.15, -0.1) is 0 Å². The Labute approximate surface area is 169 Å². The largest absolute Gasteiger partial charge is 0.342 e. The van der Waals surface area contributed by atoms with Gasteiger partial charge in [-0.2, -0.15) is 5.10 Å². The van der Waals surface area contributed by atoms with Crippen LogP contribution >= 0.6 is 23.8 Å². The molecule has 0 atom stereocenters. The zero-order chi connectivity index (χ0) is 19.1. The zero-order valence-corrected chi connectivity index (χ0v) is 16.6. The molecule has 4 nitrogen and oxygen atoms in total. The predicted molar refractivity (Wildman–Crippen MR) is 118 cm³/mol. The summed E-state index contributed by atoms with van der Waals surface area (Å²) in [5.74, 6) is 0. The number of aromatic nitrogens is 1. The summed E-state index contributed by atoms with van der Waals surface area (Å²) in [6.07, 6.45) is 4.79. The summed E-state index contributed by atoms with van der Waals surface area (Å²) in [6, 6.07) is 20.0. The van der Waals surface area contributed by atoms with Gasteiger partial charge in [0, 0.05) is 23.5 Å². The molecule has 0 bridgehead atoms. The number of rotatable bonds is 6. The van der Waals surface area contributed by atoms with Crippen LogP contribution in [0.3, 0.4) is 0 Å². The molecular weight excluding hydrogens is 376 g/mol. The van der Waals surface area contributed by atoms with Gasteiger partial charge in [-0.25, -0.2) is 0 Å². The number of nitrogens with one attached hydrogen (secondary N) is 2. The Hall–Kier alpha value is -2.63. The quantitative estimate of drug-likeness (QED) is 0.347. The van der Waals surface area contributed by atoms with Crippen LogP contribution in [0.4, 0.5) is 5.69 Å². The van der Waals surface area contributed by atoms with E-state index in [0.717, 1.165) is 29.4 Å². The van der Waals surface area contributed by atoms with Crippen LogP contribution in [0.25, 0.3) is 0 Å². The fourth-order valence-corrected chi connectivity index (χ4v) is 2.91. The van der Waals surface area contributed by atoms with Gasteiger partial charge in [-0.1, -0.05) is 42.8 Å². The molecular formula is C21H21ClN4S. The number of thiocarbonyl (C=S) groups is 1. The van der Waals surface area contributed by atoms with Gasteiger partial charge in [0.1, 0.15) is 0 Å². The van der Waals surface area contributed by atoms with Crippen LogP contribution in [0.15, 0.2) is 72.0 Å². The van der Waals surface area contributed by atoms with Crippen molar-refractivity contribution in [1.82, 2.24) is 9.99 Å². The molecule has 2 N–H and O–H groups in total. The third-order valence-corrected chi connectivity index (χ3v) is 4.56. The van der Waals surface area contributed by atoms with Crippen LogP contribution in [0, 0.1) is 0 Å². The van der Waals surface area contributed by atoms with E-state index in [2.05, 4.69) is 39.5 Å². The first-order valence-corrected chi connectivity index (χ1v) is 9.51. The van der Waals surface area contributed by atoms with Crippen molar-refractivity contribution in [2.45, 2.75) is 19.9 Å². The molecule has 0 aliphatic carbocycles. The molecule has 0 aliphatic rings. The Morgan fingerprint density at radius 1 is 1.07 bits per heavy atom. The number of benzene rings is 2. The Morgan fingerprint density at radius 3 is 2.48 bits per heavy atom. The number of nitrogens with zero attached hydrogens (tertiary/aromatic N) is 2. The van der Waals surface area contributed by atoms with Gasteiger partial charge in [0.25, 0.3) is 0 Å². The first kappa shape index (κ1) is 19.1. The minimum Gasteiger partial charge on any atom is -0.342 e. The minimum atomic E-state index is 0.450. The predicted octanol–water partition coefficient (Wildman–Crippen LogP) is 5.07. The molecule has 0 aliphatic heterocycles. The highest BCUT2D eigenvalue weighted by Gasteiger charge is 2.01. The summed E-state index contributed by atoms with van der Waals surface area (Å²) in [4.78, 5) is 0. The molecule has 27 heavy (non-hydrogen) atoms. The van der Waals surface area contributed by atoms with E-state index in [0.29, 0.717) is 5.11 Å². The molecule has 138 valence electrons. The molecule has 0 amide bonds. The molecule has 3 aromatic rings. The molecule has 0 unspecified atom stereocenters. The second kappa shape index (κ2) is 9.35. The number of hydrogen-bond donors (Lipinski definition) is 2. The molecule has 0 spiro atoms. The van der Waals surface area contributed by atoms with E-state index in [1.165, 1.54) is 11.1 Å². The van der Waals surface area contributed by atoms with E-state index in [-0.39, 0.29) is 0 Å². The van der Waals surface area contributed by atoms with Crippen LogP contribution in [0.5, 0.6) is 0 Å². The fourth-order valence-electron chi connectivity index (χ4n) is 2.61. The third-order valence-electron chi connectivity index (χ3n) is 4.11. The highest BCUT2D eigenvalue weighted by atomic mass is 35.5. The maximum absolute atomic E-state index is 5.94. The van der Waals surface area contributed by atoms with Crippen molar-refractivity contribution in [2.75, 3.05) is 5.32 Å². The Bertz CT molecular complexity index is 914. The number of hydrogen-bond acceptors (Lipinski definition) is 2. The van der Waals surface area contributed by atoms with E-state index in [1.54, 1.807) is 6.21 Å². The summed E-state index contributed by atoms with van der Waals surface area (Å²) in [5, 5.41) is 8.55. The zero-order valence-electron chi connectivity index (χ0n) is 15.0. The van der Waals surface area contributed by atoms with Crippen LogP contribution in [-0.4, -0.2) is 15.9 Å². The average molecular weight is 397 g/mol. The van der Waals surface area contributed by atoms with Crippen LogP contribution in [-0.2, 0) is 13.0 Å². The van der Waals surface area contributed by atoms with E-state index < -0.39 is 0 Å². The van der Waals surface area contributed by atoms with Crippen molar-refractivity contribution in [3.8, 4) is 0 Å². The van der Waals surface area contributed by atoms with Gasteiger partial charge in [0.05, 0.1) is 11.9 Å². The van der Waals surface area contributed by atoms with E-state index >= 15 is 0 Å². The smallest absolute Gasteiger partial charge is 0.191 e. The lowest BCUT2D eigenvalue weighted by atomic mass is 10.1. The Morgan fingerprint density at radius 2 is 1.78 bits per heavy atom. The molecule has 0 fully saturated rings. The highest BCUT2D eigenvalue weighted by molar-refractivity contribution is 7.80. The lowest BCUT2D eigenvalue weighted by Gasteiger charge is -2.08. The highest BCUT2D eigenvalue weighted by Crippen LogP contribution is 2.12. The second-order valence-electron chi connectivity index (χ2n) is 6.06. The summed E-state index contributed by atoms with van der Waals surface area (Å²) < 4.78 is 2.11. The first-order valence-electron chi connectivity index (χ1n) is 8.72. The molecule has 2 aromatic carbocycles. The van der Waals surface area contributed by atoms with Crippen molar-refractivity contribution in [1.29, 1.82) is 0 Å². The van der Waals surface area contributed by atoms with Gasteiger partial charge in [-0.3, -0.25) is 5.43 Å². The maximum Gasteiger partial charge on any atom is 0.191 e. The van der Waals surface area contributed by atoms with Gasteiger partial charge >= 0.3 is 0 Å². The summed E-state index contributed by atoms with van der Waals surface area (Å²) in [5.41, 5.74) is 7.23. The Kier molecular flexibility index (Phi) is 6.63. The van der Waals surface area contributed by atoms with Gasteiger partial charge < -0.3 is 9.88 Å². The monoisotopic (exact) mass is 396 g/mol. The van der Waals surface area contributed by atoms with E-state index in [9.17, 15) is 0 Å². The van der Waals surface area contributed by atoms with Crippen molar-refractivity contribution in [2.24, 2.45) is 5.10 Å². The Balaban J connectivity index is 1.55. The molecule has 0 saturated heterocycles. The first-order chi connectivity index (χ1) is 13.1. The topological polar surface area (TPSA) is 41.4 Å². The molecule has 1 heterocycles. The van der Waals surface area contributed by atoms with E-state index in [1.807, 2.05) is 54.7 Å². The molecule has 6 heteroatoms. The van der Waals surface area contributed by atoms with Gasteiger partial charge in [-0.05, 0) is 66.2 Å². The molecule has 1 aromatic heterocycles. The number of halogens is 1. The molecule has 3 rings (SSSR count). The van der Waals surface area contributed by atoms with Crippen LogP contribution < -0.4 is 10.7 Å². The third kappa shape index (κ3) is 5.67. The number of anilines is 1. The molecule has 0 saturated carbocycles. The average Bonchev–Trinajstić information content (AvgIpc) is 3.11. The summed E-state index contributed by atoms with van der Waals surface area (Å²) in [7, 11) is 0. The minimum absolute atomic E-state index is 0.450. The fraction of sp³-hybridized carbons (Fsp3) is 0.143. The van der Waals surface area contributed by atoms with Gasteiger partial charge in [0.15, 0.2) is 5.11 Å². The summed E-state index contributed by atoms with van der Waals surface area (Å²) >= 11 is 11.2. The summed E-state index contributed by atoms with van der Waals surface area (Å²) in [6.45, 7) is 2.88. The van der Waals surface area contributed by atoms with Crippen molar-refractivity contribution >= 4 is 40.8 Å². The van der Waals surface area contributed by atoms with Crippen molar-refractivity contribution < 1.29 is 0 Å². The van der Waals surface area contributed by atoms with Crippen LogP contribution in [0.2, 0.25) is 5.02 Å². The molecule has 0 radical (unpaired) electrons. The van der Waals surface area contributed by atoms with Crippen molar-refractivity contribution in [3.05, 3.63) is 88.7 Å².